The van der Waals surface area contributed by atoms with Crippen LogP contribution in [0.2, 0.25) is 0 Å². The molecule has 0 fully saturated rings. The number of rotatable bonds is 0. The molecule has 5 nitrogen and oxygen atoms in total. The first kappa shape index (κ1) is 11.5. The molecule has 0 spiro atoms. The average Bonchev–Trinajstić information content (AvgIpc) is 2.15. The number of aromatic nitrogens is 2. The lowest BCUT2D eigenvalue weighted by Gasteiger charge is -2.02. The summed E-state index contributed by atoms with van der Waals surface area (Å²) in [6.07, 6.45) is 0. The van der Waals surface area contributed by atoms with Gasteiger partial charge in [-0.25, -0.2) is 4.79 Å². The fourth-order valence-corrected chi connectivity index (χ4v) is 0.750. The lowest BCUT2D eigenvalue weighted by atomic mass is 10.5. The third-order valence-electron chi connectivity index (χ3n) is 1.56. The molecule has 1 aromatic rings. The molecule has 1 rings (SSSR count). The Morgan fingerprint density at radius 3 is 2.08 bits per heavy atom. The van der Waals surface area contributed by atoms with Gasteiger partial charge in [-0.3, -0.25) is 13.9 Å². The van der Waals surface area contributed by atoms with Gasteiger partial charge >= 0.3 is 5.69 Å². The van der Waals surface area contributed by atoms with E-state index in [4.69, 9.17) is 5.73 Å². The van der Waals surface area contributed by atoms with Crippen LogP contribution in [-0.4, -0.2) is 9.13 Å². The predicted octanol–water partition coefficient (Wildman–Crippen LogP) is -0.308. The highest BCUT2D eigenvalue weighted by Crippen LogP contribution is 1.86. The van der Waals surface area contributed by atoms with Gasteiger partial charge < -0.3 is 5.73 Å². The summed E-state index contributed by atoms with van der Waals surface area (Å²) in [5, 5.41) is 0. The zero-order chi connectivity index (χ0) is 10.6. The van der Waals surface area contributed by atoms with E-state index in [1.807, 2.05) is 13.8 Å². The van der Waals surface area contributed by atoms with Crippen LogP contribution in [0.4, 0.5) is 5.82 Å². The van der Waals surface area contributed by atoms with Crippen molar-refractivity contribution in [2.24, 2.45) is 14.1 Å². The molecular weight excluding hydrogens is 170 g/mol. The summed E-state index contributed by atoms with van der Waals surface area (Å²) in [5.41, 5.74) is 4.55. The van der Waals surface area contributed by atoms with Gasteiger partial charge in [0.1, 0.15) is 5.82 Å². The van der Waals surface area contributed by atoms with E-state index < -0.39 is 5.69 Å². The van der Waals surface area contributed by atoms with Crippen LogP contribution < -0.4 is 17.0 Å². The van der Waals surface area contributed by atoms with Crippen molar-refractivity contribution in [3.8, 4) is 0 Å². The minimum Gasteiger partial charge on any atom is -0.385 e. The maximum Gasteiger partial charge on any atom is 0.332 e. The van der Waals surface area contributed by atoms with E-state index in [1.54, 1.807) is 0 Å². The molecule has 13 heavy (non-hydrogen) atoms. The van der Waals surface area contributed by atoms with Gasteiger partial charge in [-0.2, -0.15) is 0 Å². The zero-order valence-corrected chi connectivity index (χ0v) is 8.37. The minimum atomic E-state index is -0.407. The Labute approximate surface area is 76.4 Å². The van der Waals surface area contributed by atoms with Crippen molar-refractivity contribution in [3.05, 3.63) is 26.9 Å². The van der Waals surface area contributed by atoms with E-state index >= 15 is 0 Å². The van der Waals surface area contributed by atoms with Crippen molar-refractivity contribution in [2.45, 2.75) is 13.8 Å². The van der Waals surface area contributed by atoms with Gasteiger partial charge in [0.2, 0.25) is 0 Å². The molecule has 0 aliphatic carbocycles. The molecule has 0 aliphatic rings. The summed E-state index contributed by atoms with van der Waals surface area (Å²) in [4.78, 5) is 21.9. The Bertz CT molecular complexity index is 389. The maximum absolute atomic E-state index is 11.1. The number of nitrogens with zero attached hydrogens (tertiary/aromatic N) is 2. The molecule has 74 valence electrons. The molecule has 1 aromatic heterocycles. The van der Waals surface area contributed by atoms with Gasteiger partial charge in [-0.1, -0.05) is 13.8 Å². The SMILES string of the molecule is CC.Cn1c(N)cc(=O)n(C)c1=O. The second kappa shape index (κ2) is 4.49. The molecule has 1 heterocycles. The molecule has 0 saturated carbocycles. The fraction of sp³-hybridized carbons (Fsp3) is 0.500. The topological polar surface area (TPSA) is 70.0 Å². The van der Waals surface area contributed by atoms with Crippen LogP contribution in [0, 0.1) is 0 Å². The standard InChI is InChI=1S/C6H9N3O2.C2H6/c1-8-4(7)3-5(10)9(2)6(8)11;1-2/h3H,7H2,1-2H3;1-2H3. The normalized spacial score (nSPS) is 8.92. The molecular formula is C8H15N3O2. The van der Waals surface area contributed by atoms with E-state index in [0.717, 1.165) is 4.57 Å². The van der Waals surface area contributed by atoms with Crippen molar-refractivity contribution in [2.75, 3.05) is 5.73 Å². The number of anilines is 1. The first-order valence-corrected chi connectivity index (χ1v) is 4.06. The zero-order valence-electron chi connectivity index (χ0n) is 8.37. The third-order valence-corrected chi connectivity index (χ3v) is 1.56. The quantitative estimate of drug-likeness (QED) is 0.603. The van der Waals surface area contributed by atoms with Crippen molar-refractivity contribution >= 4 is 5.82 Å². The van der Waals surface area contributed by atoms with E-state index in [1.165, 1.54) is 24.7 Å². The van der Waals surface area contributed by atoms with Crippen molar-refractivity contribution in [1.82, 2.24) is 9.13 Å². The molecule has 0 aliphatic heterocycles. The summed E-state index contributed by atoms with van der Waals surface area (Å²) in [6.45, 7) is 4.00. The Kier molecular flexibility index (Phi) is 3.97. The van der Waals surface area contributed by atoms with Gasteiger partial charge in [0.25, 0.3) is 5.56 Å². The van der Waals surface area contributed by atoms with Crippen LogP contribution >= 0.6 is 0 Å². The largest absolute Gasteiger partial charge is 0.385 e. The minimum absolute atomic E-state index is 0.179. The van der Waals surface area contributed by atoms with Gasteiger partial charge in [0.05, 0.1) is 0 Å². The van der Waals surface area contributed by atoms with E-state index in [2.05, 4.69) is 0 Å². The summed E-state index contributed by atoms with van der Waals surface area (Å²) < 4.78 is 2.21. The Morgan fingerprint density at radius 1 is 1.15 bits per heavy atom. The third kappa shape index (κ3) is 2.21. The highest BCUT2D eigenvalue weighted by molar-refractivity contribution is 5.25. The van der Waals surface area contributed by atoms with Crippen LogP contribution in [0.25, 0.3) is 0 Å². The molecule has 0 unspecified atom stereocenters. The van der Waals surface area contributed by atoms with Crippen molar-refractivity contribution < 1.29 is 0 Å². The molecule has 2 N–H and O–H groups in total. The van der Waals surface area contributed by atoms with Crippen LogP contribution in [-0.2, 0) is 14.1 Å². The second-order valence-corrected chi connectivity index (χ2v) is 2.31. The molecule has 5 heteroatoms. The van der Waals surface area contributed by atoms with Gasteiger partial charge in [0, 0.05) is 20.2 Å². The smallest absolute Gasteiger partial charge is 0.332 e. The predicted molar refractivity (Wildman–Crippen MR) is 52.7 cm³/mol. The van der Waals surface area contributed by atoms with E-state index in [0.29, 0.717) is 0 Å². The lowest BCUT2D eigenvalue weighted by Crippen LogP contribution is -2.37. The first-order valence-electron chi connectivity index (χ1n) is 4.06. The van der Waals surface area contributed by atoms with Gasteiger partial charge in [0.15, 0.2) is 0 Å². The summed E-state index contributed by atoms with van der Waals surface area (Å²) >= 11 is 0. The number of hydrogen-bond donors (Lipinski definition) is 1. The van der Waals surface area contributed by atoms with E-state index in [9.17, 15) is 9.59 Å². The summed E-state index contributed by atoms with van der Waals surface area (Å²) in [6, 6.07) is 1.21. The monoisotopic (exact) mass is 185 g/mol. The highest BCUT2D eigenvalue weighted by atomic mass is 16.2. The number of nitrogens with two attached hydrogens (primary N) is 1. The van der Waals surface area contributed by atoms with Gasteiger partial charge in [-0.15, -0.1) is 0 Å². The molecule has 0 bridgehead atoms. The molecule has 0 aromatic carbocycles. The Morgan fingerprint density at radius 2 is 1.62 bits per heavy atom. The van der Waals surface area contributed by atoms with Crippen LogP contribution in [0.15, 0.2) is 15.7 Å². The summed E-state index contributed by atoms with van der Waals surface area (Å²) in [7, 11) is 2.92. The van der Waals surface area contributed by atoms with Crippen LogP contribution in [0.3, 0.4) is 0 Å². The van der Waals surface area contributed by atoms with Gasteiger partial charge in [-0.05, 0) is 0 Å². The fourth-order valence-electron chi connectivity index (χ4n) is 0.750. The molecule has 0 amide bonds. The summed E-state index contributed by atoms with van der Waals surface area (Å²) in [5.74, 6) is 0.179. The lowest BCUT2D eigenvalue weighted by molar-refractivity contribution is 0.694. The Hall–Kier alpha value is -1.52. The molecule has 0 saturated heterocycles. The molecule has 0 radical (unpaired) electrons. The average molecular weight is 185 g/mol. The highest BCUT2D eigenvalue weighted by Gasteiger charge is 2.00. The number of hydrogen-bond acceptors (Lipinski definition) is 3. The second-order valence-electron chi connectivity index (χ2n) is 2.31. The first-order chi connectivity index (χ1) is 6.04. The van der Waals surface area contributed by atoms with E-state index in [-0.39, 0.29) is 11.4 Å². The van der Waals surface area contributed by atoms with Crippen LogP contribution in [0.5, 0.6) is 0 Å². The Balaban J connectivity index is 0.000000671. The molecule has 0 atom stereocenters. The van der Waals surface area contributed by atoms with Crippen molar-refractivity contribution in [1.29, 1.82) is 0 Å². The number of nitrogen functional groups attached to an aromatic ring is 1. The van der Waals surface area contributed by atoms with Crippen molar-refractivity contribution in [3.63, 3.8) is 0 Å². The van der Waals surface area contributed by atoms with Crippen LogP contribution in [0.1, 0.15) is 13.8 Å². The maximum atomic E-state index is 11.1.